The topological polar surface area (TPSA) is 43.8 Å². The van der Waals surface area contributed by atoms with Crippen molar-refractivity contribution in [2.75, 3.05) is 13.7 Å². The molecule has 2 heterocycles. The lowest BCUT2D eigenvalue weighted by atomic mass is 10.0. The molecule has 3 rings (SSSR count). The van der Waals surface area contributed by atoms with Crippen LogP contribution in [0.1, 0.15) is 19.4 Å². The number of nitrogens with zero attached hydrogens (tertiary/aromatic N) is 1. The monoisotopic (exact) mass is 285 g/mol. The molecule has 1 saturated heterocycles. The highest BCUT2D eigenvalue weighted by Gasteiger charge is 2.41. The van der Waals surface area contributed by atoms with Crippen molar-refractivity contribution in [1.29, 1.82) is 0 Å². The molecule has 1 fully saturated rings. The minimum atomic E-state index is -0.350. The summed E-state index contributed by atoms with van der Waals surface area (Å²) in [4.78, 5) is 11.3. The van der Waals surface area contributed by atoms with Crippen LogP contribution >= 0.6 is 0 Å². The first kappa shape index (κ1) is 13.9. The minimum absolute atomic E-state index is 0.114. The van der Waals surface area contributed by atoms with Crippen molar-refractivity contribution in [3.8, 4) is 0 Å². The van der Waals surface area contributed by atoms with E-state index < -0.39 is 0 Å². The Morgan fingerprint density at radius 1 is 1.43 bits per heavy atom. The maximum atomic E-state index is 11.3. The predicted molar refractivity (Wildman–Crippen MR) is 82.1 cm³/mol. The highest BCUT2D eigenvalue weighted by molar-refractivity contribution is 5.94. The minimum Gasteiger partial charge on any atom is -0.466 e. The summed E-state index contributed by atoms with van der Waals surface area (Å²) in [5.74, 6) is -0.350. The predicted octanol–water partition coefficient (Wildman–Crippen LogP) is 2.96. The first-order valence-corrected chi connectivity index (χ1v) is 7.02. The van der Waals surface area contributed by atoms with Crippen LogP contribution in [0, 0.1) is 0 Å². The number of aromatic nitrogens is 1. The summed E-state index contributed by atoms with van der Waals surface area (Å²) in [7, 11) is 1.38. The zero-order chi connectivity index (χ0) is 15.0. The molecule has 0 radical (unpaired) electrons. The first-order valence-electron chi connectivity index (χ1n) is 7.02. The van der Waals surface area contributed by atoms with Crippen molar-refractivity contribution >= 4 is 22.9 Å². The number of hydrogen-bond acceptors (Lipinski definition) is 3. The summed E-state index contributed by atoms with van der Waals surface area (Å²) in [6.07, 6.45) is 5.57. The van der Waals surface area contributed by atoms with Crippen LogP contribution in [0.3, 0.4) is 0 Å². The molecule has 1 atom stereocenters. The molecular formula is C17H19NO3. The largest absolute Gasteiger partial charge is 0.466 e. The molecule has 0 unspecified atom stereocenters. The van der Waals surface area contributed by atoms with Crippen LogP contribution in [0.15, 0.2) is 36.5 Å². The van der Waals surface area contributed by atoms with Gasteiger partial charge in [0, 0.05) is 28.7 Å². The third kappa shape index (κ3) is 2.47. The van der Waals surface area contributed by atoms with Gasteiger partial charge in [-0.05, 0) is 26.0 Å². The molecule has 4 nitrogen and oxygen atoms in total. The van der Waals surface area contributed by atoms with E-state index in [1.165, 1.54) is 13.2 Å². The number of epoxide rings is 1. The van der Waals surface area contributed by atoms with Crippen LogP contribution < -0.4 is 0 Å². The lowest BCUT2D eigenvalue weighted by Gasteiger charge is -2.26. The number of ether oxygens (including phenoxy) is 2. The number of rotatable bonds is 4. The molecule has 0 N–H and O–H groups in total. The molecule has 110 valence electrons. The molecule has 1 aliphatic heterocycles. The van der Waals surface area contributed by atoms with Crippen LogP contribution in [-0.2, 0) is 19.8 Å². The number of carbonyl (C=O) groups is 1. The smallest absolute Gasteiger partial charge is 0.330 e. The second-order valence-corrected chi connectivity index (χ2v) is 5.80. The van der Waals surface area contributed by atoms with Crippen LogP contribution in [-0.4, -0.2) is 30.4 Å². The van der Waals surface area contributed by atoms with Crippen LogP contribution in [0.2, 0.25) is 0 Å². The fraction of sp³-hybridized carbons (Fsp3) is 0.353. The van der Waals surface area contributed by atoms with Gasteiger partial charge in [0.15, 0.2) is 0 Å². The van der Waals surface area contributed by atoms with E-state index in [0.717, 1.165) is 23.1 Å². The quantitative estimate of drug-likeness (QED) is 0.493. The van der Waals surface area contributed by atoms with Gasteiger partial charge in [0.25, 0.3) is 0 Å². The lowest BCUT2D eigenvalue weighted by molar-refractivity contribution is -0.134. The standard InChI is InChI=1S/C17H19NO3/c1-17(2,15-11-21-15)18-10-12(8-9-16(19)20-3)13-6-4-5-7-14(13)18/h4-10,15H,11H2,1-3H3/b9-8+/t15-/m0/s1. The molecule has 0 saturated carbocycles. The van der Waals surface area contributed by atoms with Gasteiger partial charge in [0.1, 0.15) is 6.10 Å². The average molecular weight is 285 g/mol. The molecule has 0 amide bonds. The van der Waals surface area contributed by atoms with Crippen molar-refractivity contribution in [2.45, 2.75) is 25.5 Å². The zero-order valence-corrected chi connectivity index (χ0v) is 12.5. The van der Waals surface area contributed by atoms with E-state index in [1.54, 1.807) is 6.08 Å². The summed E-state index contributed by atoms with van der Waals surface area (Å²) in [6, 6.07) is 8.18. The molecule has 1 aromatic carbocycles. The van der Waals surface area contributed by atoms with Gasteiger partial charge in [-0.15, -0.1) is 0 Å². The Morgan fingerprint density at radius 3 is 2.81 bits per heavy atom. The van der Waals surface area contributed by atoms with Gasteiger partial charge in [-0.1, -0.05) is 18.2 Å². The Hall–Kier alpha value is -2.07. The number of hydrogen-bond donors (Lipinski definition) is 0. The summed E-state index contributed by atoms with van der Waals surface area (Å²) >= 11 is 0. The zero-order valence-electron chi connectivity index (χ0n) is 12.5. The van der Waals surface area contributed by atoms with E-state index >= 15 is 0 Å². The van der Waals surface area contributed by atoms with E-state index in [2.05, 4.69) is 41.5 Å². The second kappa shape index (κ2) is 5.04. The van der Waals surface area contributed by atoms with Crippen molar-refractivity contribution in [3.05, 3.63) is 42.1 Å². The van der Waals surface area contributed by atoms with Gasteiger partial charge in [-0.3, -0.25) is 0 Å². The number of para-hydroxylation sites is 1. The van der Waals surface area contributed by atoms with Gasteiger partial charge in [0.05, 0.1) is 19.3 Å². The molecule has 0 bridgehead atoms. The molecule has 0 spiro atoms. The Morgan fingerprint density at radius 2 is 2.14 bits per heavy atom. The van der Waals surface area contributed by atoms with Crippen LogP contribution in [0.5, 0.6) is 0 Å². The molecule has 4 heteroatoms. The molecule has 2 aromatic rings. The molecular weight excluding hydrogens is 266 g/mol. The Bertz CT molecular complexity index is 708. The Labute approximate surface area is 124 Å². The van der Waals surface area contributed by atoms with E-state index in [1.807, 2.05) is 12.1 Å². The lowest BCUT2D eigenvalue weighted by Crippen LogP contribution is -2.31. The number of benzene rings is 1. The van der Waals surface area contributed by atoms with Crippen LogP contribution in [0.25, 0.3) is 17.0 Å². The Kier molecular flexibility index (Phi) is 3.33. The number of methoxy groups -OCH3 is 1. The van der Waals surface area contributed by atoms with E-state index in [9.17, 15) is 4.79 Å². The normalized spacial score (nSPS) is 18.3. The first-order chi connectivity index (χ1) is 10.0. The summed E-state index contributed by atoms with van der Waals surface area (Å²) in [5, 5.41) is 1.12. The summed E-state index contributed by atoms with van der Waals surface area (Å²) in [5.41, 5.74) is 2.03. The van der Waals surface area contributed by atoms with Gasteiger partial charge < -0.3 is 14.0 Å². The highest BCUT2D eigenvalue weighted by Crippen LogP contribution is 2.35. The summed E-state index contributed by atoms with van der Waals surface area (Å²) in [6.45, 7) is 5.14. The number of carbonyl (C=O) groups excluding carboxylic acids is 1. The fourth-order valence-electron chi connectivity index (χ4n) is 2.65. The highest BCUT2D eigenvalue weighted by atomic mass is 16.6. The van der Waals surface area contributed by atoms with Gasteiger partial charge >= 0.3 is 5.97 Å². The molecule has 0 aliphatic carbocycles. The number of fused-ring (bicyclic) bond motifs is 1. The molecule has 21 heavy (non-hydrogen) atoms. The SMILES string of the molecule is COC(=O)/C=C/c1cn(C(C)(C)[C@@H]2CO2)c2ccccc12. The van der Waals surface area contributed by atoms with Crippen molar-refractivity contribution in [3.63, 3.8) is 0 Å². The Balaban J connectivity index is 2.10. The van der Waals surface area contributed by atoms with Gasteiger partial charge in [-0.25, -0.2) is 4.79 Å². The van der Waals surface area contributed by atoms with E-state index in [0.29, 0.717) is 0 Å². The molecule has 1 aromatic heterocycles. The maximum absolute atomic E-state index is 11.3. The fourth-order valence-corrected chi connectivity index (χ4v) is 2.65. The van der Waals surface area contributed by atoms with Gasteiger partial charge in [-0.2, -0.15) is 0 Å². The van der Waals surface area contributed by atoms with Crippen molar-refractivity contribution < 1.29 is 14.3 Å². The van der Waals surface area contributed by atoms with E-state index in [-0.39, 0.29) is 17.6 Å². The third-order valence-corrected chi connectivity index (χ3v) is 4.09. The van der Waals surface area contributed by atoms with Crippen molar-refractivity contribution in [2.24, 2.45) is 0 Å². The van der Waals surface area contributed by atoms with E-state index in [4.69, 9.17) is 4.74 Å². The summed E-state index contributed by atoms with van der Waals surface area (Å²) < 4.78 is 12.4. The van der Waals surface area contributed by atoms with Crippen LogP contribution in [0.4, 0.5) is 0 Å². The third-order valence-electron chi connectivity index (χ3n) is 4.09. The maximum Gasteiger partial charge on any atom is 0.330 e. The van der Waals surface area contributed by atoms with Crippen molar-refractivity contribution in [1.82, 2.24) is 4.57 Å². The second-order valence-electron chi connectivity index (χ2n) is 5.80. The molecule has 1 aliphatic rings. The average Bonchev–Trinajstić information content (AvgIpc) is 3.27. The number of esters is 1. The van der Waals surface area contributed by atoms with Gasteiger partial charge in [0.2, 0.25) is 0 Å².